The third-order valence-electron chi connectivity index (χ3n) is 7.33. The summed E-state index contributed by atoms with van der Waals surface area (Å²) in [6.07, 6.45) is 11.0. The molecule has 9 nitrogen and oxygen atoms in total. The van der Waals surface area contributed by atoms with Gasteiger partial charge in [0.05, 0.1) is 6.04 Å². The van der Waals surface area contributed by atoms with Gasteiger partial charge in [0.25, 0.3) is 0 Å². The summed E-state index contributed by atoms with van der Waals surface area (Å²) in [6, 6.07) is 8.92. The Kier molecular flexibility index (Phi) is 12.9. The molecule has 0 radical (unpaired) electrons. The van der Waals surface area contributed by atoms with Crippen LogP contribution in [0.3, 0.4) is 0 Å². The summed E-state index contributed by atoms with van der Waals surface area (Å²) < 4.78 is 0. The second kappa shape index (κ2) is 16.6. The fourth-order valence-electron chi connectivity index (χ4n) is 4.92. The number of rotatable bonds is 14. The highest BCUT2D eigenvalue weighted by atomic mass is 35.5. The molecule has 1 fully saturated rings. The van der Waals surface area contributed by atoms with E-state index in [1.165, 1.54) is 6.42 Å². The van der Waals surface area contributed by atoms with E-state index in [1.54, 1.807) is 42.5 Å². The molecule has 0 spiro atoms. The number of nitrogens with zero attached hydrogens (tertiary/aromatic N) is 2. The van der Waals surface area contributed by atoms with Crippen LogP contribution < -0.4 is 16.0 Å². The topological polar surface area (TPSA) is 120 Å². The van der Waals surface area contributed by atoms with E-state index in [-0.39, 0.29) is 25.3 Å². The molecular weight excluding hydrogens is 530 g/mol. The average Bonchev–Trinajstić information content (AvgIpc) is 2.97. The van der Waals surface area contributed by atoms with E-state index in [9.17, 15) is 19.2 Å². The van der Waals surface area contributed by atoms with Gasteiger partial charge in [-0.3, -0.25) is 14.6 Å². The zero-order valence-electron chi connectivity index (χ0n) is 23.1. The van der Waals surface area contributed by atoms with Crippen molar-refractivity contribution in [3.63, 3.8) is 0 Å². The Bertz CT molecular complexity index is 1110. The highest BCUT2D eigenvalue weighted by Crippen LogP contribution is 2.27. The lowest BCUT2D eigenvalue weighted by molar-refractivity contribution is -0.131. The minimum atomic E-state index is -0.824. The molecule has 1 heterocycles. The van der Waals surface area contributed by atoms with Crippen LogP contribution in [0, 0.1) is 5.92 Å². The van der Waals surface area contributed by atoms with Gasteiger partial charge in [0.1, 0.15) is 12.3 Å². The third-order valence-corrected chi connectivity index (χ3v) is 7.56. The number of aromatic nitrogens is 1. The van der Waals surface area contributed by atoms with Crippen LogP contribution in [0.4, 0.5) is 4.79 Å². The molecule has 216 valence electrons. The predicted octanol–water partition coefficient (Wildman–Crippen LogP) is 4.04. The van der Waals surface area contributed by atoms with Gasteiger partial charge in [-0.2, -0.15) is 0 Å². The zero-order chi connectivity index (χ0) is 28.7. The first-order chi connectivity index (χ1) is 19.3. The predicted molar refractivity (Wildman–Crippen MR) is 155 cm³/mol. The number of urea groups is 1. The number of carbonyl (C=O) groups is 4. The van der Waals surface area contributed by atoms with Crippen molar-refractivity contribution in [2.24, 2.45) is 5.92 Å². The summed E-state index contributed by atoms with van der Waals surface area (Å²) in [6.45, 7) is 0.802. The molecule has 2 atom stereocenters. The number of benzene rings is 1. The van der Waals surface area contributed by atoms with Crippen LogP contribution >= 0.6 is 11.6 Å². The molecule has 1 saturated carbocycles. The molecule has 3 N–H and O–H groups in total. The maximum atomic E-state index is 13.2. The van der Waals surface area contributed by atoms with Gasteiger partial charge in [-0.1, -0.05) is 55.8 Å². The summed E-state index contributed by atoms with van der Waals surface area (Å²) in [4.78, 5) is 56.0. The minimum absolute atomic E-state index is 0.104. The van der Waals surface area contributed by atoms with Crippen molar-refractivity contribution in [2.45, 2.75) is 76.4 Å². The van der Waals surface area contributed by atoms with Gasteiger partial charge in [-0.05, 0) is 60.6 Å². The van der Waals surface area contributed by atoms with Gasteiger partial charge >= 0.3 is 6.03 Å². The Balaban J connectivity index is 1.51. The first-order valence-corrected chi connectivity index (χ1v) is 14.4. The van der Waals surface area contributed by atoms with Crippen LogP contribution in [0.1, 0.15) is 62.5 Å². The molecule has 0 aliphatic heterocycles. The molecule has 1 aliphatic carbocycles. The Morgan fingerprint density at radius 3 is 2.52 bits per heavy atom. The first kappa shape index (κ1) is 31.1. The van der Waals surface area contributed by atoms with E-state index in [2.05, 4.69) is 20.9 Å². The second-order valence-electron chi connectivity index (χ2n) is 10.5. The van der Waals surface area contributed by atoms with Crippen LogP contribution in [-0.2, 0) is 27.3 Å². The van der Waals surface area contributed by atoms with E-state index < -0.39 is 24.0 Å². The Labute approximate surface area is 241 Å². The molecule has 1 aromatic heterocycles. The van der Waals surface area contributed by atoms with Gasteiger partial charge < -0.3 is 25.6 Å². The van der Waals surface area contributed by atoms with Crippen LogP contribution in [0.2, 0.25) is 5.02 Å². The summed E-state index contributed by atoms with van der Waals surface area (Å²) in [7, 11) is 1.73. The monoisotopic (exact) mass is 569 g/mol. The van der Waals surface area contributed by atoms with Gasteiger partial charge in [0.2, 0.25) is 11.8 Å². The molecule has 2 aromatic rings. The normalized spacial score (nSPS) is 14.9. The average molecular weight is 570 g/mol. The van der Waals surface area contributed by atoms with E-state index in [4.69, 9.17) is 11.6 Å². The summed E-state index contributed by atoms with van der Waals surface area (Å²) >= 11 is 6.02. The van der Waals surface area contributed by atoms with Crippen molar-refractivity contribution < 1.29 is 19.2 Å². The molecule has 0 saturated heterocycles. The lowest BCUT2D eigenvalue weighted by atomic mass is 9.84. The van der Waals surface area contributed by atoms with Crippen LogP contribution in [0.25, 0.3) is 0 Å². The smallest absolute Gasteiger partial charge is 0.315 e. The summed E-state index contributed by atoms with van der Waals surface area (Å²) in [5.74, 6) is -0.200. The molecular formula is C30H40ClN5O4. The SMILES string of the molecule is CN(CCc1ccncc1)C(=O)CC[C@@H](C=O)NC(=O)[C@H](CC1CCCCC1)NC(=O)NCc1cccc(Cl)c1. The van der Waals surface area contributed by atoms with Crippen molar-refractivity contribution in [3.05, 3.63) is 64.9 Å². The van der Waals surface area contributed by atoms with Crippen LogP contribution in [-0.4, -0.2) is 59.7 Å². The largest absolute Gasteiger partial charge is 0.345 e. The van der Waals surface area contributed by atoms with Crippen molar-refractivity contribution in [1.82, 2.24) is 25.8 Å². The maximum Gasteiger partial charge on any atom is 0.315 e. The molecule has 0 unspecified atom stereocenters. The van der Waals surface area contributed by atoms with Crippen molar-refractivity contribution in [2.75, 3.05) is 13.6 Å². The van der Waals surface area contributed by atoms with E-state index in [0.29, 0.717) is 36.6 Å². The van der Waals surface area contributed by atoms with Crippen molar-refractivity contribution >= 4 is 35.7 Å². The Morgan fingerprint density at radius 1 is 1.07 bits per heavy atom. The van der Waals surface area contributed by atoms with Crippen molar-refractivity contribution in [1.29, 1.82) is 0 Å². The summed E-state index contributed by atoms with van der Waals surface area (Å²) in [5, 5.41) is 8.91. The second-order valence-corrected chi connectivity index (χ2v) is 10.9. The highest BCUT2D eigenvalue weighted by Gasteiger charge is 2.27. The molecule has 1 aliphatic rings. The molecule has 0 bridgehead atoms. The molecule has 40 heavy (non-hydrogen) atoms. The Morgan fingerprint density at radius 2 is 1.82 bits per heavy atom. The molecule has 4 amide bonds. The number of hydrogen-bond donors (Lipinski definition) is 3. The number of likely N-dealkylation sites (N-methyl/N-ethyl adjacent to an activating group) is 1. The van der Waals surface area contributed by atoms with Gasteiger partial charge in [-0.25, -0.2) is 4.79 Å². The lowest BCUT2D eigenvalue weighted by Crippen LogP contribution is -2.53. The van der Waals surface area contributed by atoms with Crippen molar-refractivity contribution in [3.8, 4) is 0 Å². The Hall–Kier alpha value is -3.46. The summed E-state index contributed by atoms with van der Waals surface area (Å²) in [5.41, 5.74) is 1.92. The van der Waals surface area contributed by atoms with Crippen LogP contribution in [0.5, 0.6) is 0 Å². The fourth-order valence-corrected chi connectivity index (χ4v) is 5.14. The zero-order valence-corrected chi connectivity index (χ0v) is 23.9. The van der Waals surface area contributed by atoms with E-state index in [1.807, 2.05) is 18.2 Å². The van der Waals surface area contributed by atoms with Gasteiger partial charge in [0, 0.05) is 44.0 Å². The maximum absolute atomic E-state index is 13.2. The molecule has 1 aromatic carbocycles. The number of amides is 4. The minimum Gasteiger partial charge on any atom is -0.345 e. The lowest BCUT2D eigenvalue weighted by Gasteiger charge is -2.27. The standard InChI is InChI=1S/C30H40ClN5O4/c1-36(17-14-22-12-15-32-16-13-22)28(38)11-10-26(21-37)34-29(39)27(19-23-6-3-2-4-7-23)35-30(40)33-20-24-8-5-9-25(31)18-24/h5,8-9,12-13,15-16,18,21,23,26-27H,2-4,6-7,10-11,14,17,19-20H2,1H3,(H,34,39)(H2,33,35,40)/t26-,27-/m0/s1. The number of hydrogen-bond acceptors (Lipinski definition) is 5. The van der Waals surface area contributed by atoms with Gasteiger partial charge in [-0.15, -0.1) is 0 Å². The third kappa shape index (κ3) is 11.0. The first-order valence-electron chi connectivity index (χ1n) is 14.0. The molecule has 10 heteroatoms. The highest BCUT2D eigenvalue weighted by molar-refractivity contribution is 6.30. The molecule has 3 rings (SSSR count). The number of pyridine rings is 1. The van der Waals surface area contributed by atoms with Gasteiger partial charge in [0.15, 0.2) is 0 Å². The quantitative estimate of drug-likeness (QED) is 0.297. The number of carbonyl (C=O) groups excluding carboxylic acids is 4. The van der Waals surface area contributed by atoms with Crippen LogP contribution in [0.15, 0.2) is 48.8 Å². The van der Waals surface area contributed by atoms with E-state index in [0.717, 1.165) is 36.8 Å². The number of aldehydes is 1. The fraction of sp³-hybridized carbons (Fsp3) is 0.500. The number of nitrogens with one attached hydrogen (secondary N) is 3. The number of halogens is 1. The van der Waals surface area contributed by atoms with E-state index >= 15 is 0 Å².